The average Bonchev–Trinajstić information content (AvgIpc) is 3.18. The number of amides is 1. The molecule has 0 aromatic heterocycles. The second-order valence-corrected chi connectivity index (χ2v) is 8.77. The van der Waals surface area contributed by atoms with Gasteiger partial charge < -0.3 is 0 Å². The highest BCUT2D eigenvalue weighted by atomic mass is 35.5. The summed E-state index contributed by atoms with van der Waals surface area (Å²) in [4.78, 5) is 16.8. The van der Waals surface area contributed by atoms with Gasteiger partial charge in [-0.2, -0.15) is 26.3 Å². The lowest BCUT2D eigenvalue weighted by Crippen LogP contribution is -2.42. The minimum atomic E-state index is -4.91. The van der Waals surface area contributed by atoms with Crippen molar-refractivity contribution in [1.29, 1.82) is 0 Å². The Balaban J connectivity index is 1.82. The Morgan fingerprint density at radius 2 is 1.66 bits per heavy atom. The molecular formula is C21H16Cl3F6N3O2. The minimum Gasteiger partial charge on any atom is -0.297 e. The van der Waals surface area contributed by atoms with E-state index in [1.807, 2.05) is 0 Å². The summed E-state index contributed by atoms with van der Waals surface area (Å²) in [5.74, 6) is -0.730. The number of anilines is 1. The van der Waals surface area contributed by atoms with Crippen molar-refractivity contribution in [3.05, 3.63) is 68.7 Å². The van der Waals surface area contributed by atoms with E-state index >= 15 is 0 Å². The summed E-state index contributed by atoms with van der Waals surface area (Å²) in [6, 6.07) is 7.49. The Labute approximate surface area is 210 Å². The topological polar surface area (TPSA) is 62.4 Å². The van der Waals surface area contributed by atoms with E-state index in [9.17, 15) is 31.1 Å². The van der Waals surface area contributed by atoms with Gasteiger partial charge in [0.15, 0.2) is 0 Å². The molecule has 190 valence electrons. The predicted molar refractivity (Wildman–Crippen MR) is 120 cm³/mol. The van der Waals surface area contributed by atoms with E-state index < -0.39 is 43.1 Å². The average molecular weight is 563 g/mol. The van der Waals surface area contributed by atoms with E-state index in [4.69, 9.17) is 39.6 Å². The number of halogens is 9. The zero-order valence-corrected chi connectivity index (χ0v) is 19.6. The van der Waals surface area contributed by atoms with Gasteiger partial charge >= 0.3 is 12.4 Å². The van der Waals surface area contributed by atoms with E-state index in [-0.39, 0.29) is 37.6 Å². The van der Waals surface area contributed by atoms with Crippen LogP contribution in [0.4, 0.5) is 32.0 Å². The van der Waals surface area contributed by atoms with Crippen molar-refractivity contribution in [3.63, 3.8) is 0 Å². The molecule has 0 saturated heterocycles. The van der Waals surface area contributed by atoms with Gasteiger partial charge in [0.05, 0.1) is 16.4 Å². The SMILES string of the molecule is O=C(CCCC(F)(F)F)NNc1cc(C2=CC(c3cc(Cl)cc(Cl)c3)(C(F)(F)F)ON2)ccc1Cl. The smallest absolute Gasteiger partial charge is 0.297 e. The molecule has 0 aliphatic carbocycles. The third-order valence-electron chi connectivity index (χ3n) is 4.86. The molecule has 14 heteroatoms. The number of carbonyl (C=O) groups is 1. The number of rotatable bonds is 7. The molecule has 1 amide bonds. The monoisotopic (exact) mass is 561 g/mol. The van der Waals surface area contributed by atoms with Gasteiger partial charge in [-0.25, -0.2) is 0 Å². The number of hydrazine groups is 1. The Kier molecular flexibility index (Phi) is 8.05. The van der Waals surface area contributed by atoms with E-state index in [1.165, 1.54) is 24.3 Å². The Bertz CT molecular complexity index is 1120. The van der Waals surface area contributed by atoms with Crippen LogP contribution in [0.5, 0.6) is 0 Å². The largest absolute Gasteiger partial charge is 0.428 e. The zero-order chi connectivity index (χ0) is 26.0. The Morgan fingerprint density at radius 3 is 2.26 bits per heavy atom. The summed E-state index contributed by atoms with van der Waals surface area (Å²) < 4.78 is 79.0. The number of hydroxylamine groups is 1. The number of hydrogen-bond donors (Lipinski definition) is 3. The first kappa shape index (κ1) is 27.3. The zero-order valence-electron chi connectivity index (χ0n) is 17.4. The summed E-state index contributed by atoms with van der Waals surface area (Å²) in [7, 11) is 0. The van der Waals surface area contributed by atoms with E-state index in [0.29, 0.717) is 0 Å². The van der Waals surface area contributed by atoms with Crippen LogP contribution in [-0.2, 0) is 15.2 Å². The van der Waals surface area contributed by atoms with Gasteiger partial charge in [-0.3, -0.25) is 26.0 Å². The van der Waals surface area contributed by atoms with Crippen molar-refractivity contribution >= 4 is 52.1 Å². The maximum absolute atomic E-state index is 14.1. The molecule has 1 aliphatic rings. The van der Waals surface area contributed by atoms with Gasteiger partial charge in [0.25, 0.3) is 0 Å². The third kappa shape index (κ3) is 6.66. The van der Waals surface area contributed by atoms with Crippen molar-refractivity contribution in [1.82, 2.24) is 10.9 Å². The molecule has 0 bridgehead atoms. The highest BCUT2D eigenvalue weighted by Gasteiger charge is 2.59. The fraction of sp³-hybridized carbons (Fsp3) is 0.286. The molecule has 3 N–H and O–H groups in total. The summed E-state index contributed by atoms with van der Waals surface area (Å²) in [6.45, 7) is 0. The van der Waals surface area contributed by atoms with Crippen molar-refractivity contribution in [3.8, 4) is 0 Å². The van der Waals surface area contributed by atoms with Crippen LogP contribution in [0.3, 0.4) is 0 Å². The molecular weight excluding hydrogens is 547 g/mol. The van der Waals surface area contributed by atoms with Crippen molar-refractivity contribution < 1.29 is 36.0 Å². The Hall–Kier alpha value is -2.34. The lowest BCUT2D eigenvalue weighted by molar-refractivity contribution is -0.269. The first-order valence-corrected chi connectivity index (χ1v) is 11.0. The fourth-order valence-corrected chi connectivity index (χ4v) is 3.88. The third-order valence-corrected chi connectivity index (χ3v) is 5.63. The standard InChI is InChI=1S/C21H16Cl3F6N3O2/c22-13-7-12(8-14(23)9-13)19(21(28,29)30)10-17(33-35-19)11-3-4-15(24)16(6-11)31-32-18(34)2-1-5-20(25,26)27/h3-4,6-10,31,33H,1-2,5H2,(H,32,34). The van der Waals surface area contributed by atoms with Crippen LogP contribution < -0.4 is 16.3 Å². The number of hydrogen-bond acceptors (Lipinski definition) is 4. The van der Waals surface area contributed by atoms with E-state index in [2.05, 4.69) is 16.3 Å². The second-order valence-electron chi connectivity index (χ2n) is 7.49. The molecule has 2 aromatic rings. The summed E-state index contributed by atoms with van der Waals surface area (Å²) in [5, 5.41) is 0.0450. The highest BCUT2D eigenvalue weighted by Crippen LogP contribution is 2.48. The van der Waals surface area contributed by atoms with Crippen LogP contribution in [-0.4, -0.2) is 18.3 Å². The quantitative estimate of drug-likeness (QED) is 0.248. The molecule has 35 heavy (non-hydrogen) atoms. The van der Waals surface area contributed by atoms with Crippen LogP contribution in [0.15, 0.2) is 42.5 Å². The van der Waals surface area contributed by atoms with Crippen molar-refractivity contribution in [2.24, 2.45) is 0 Å². The van der Waals surface area contributed by atoms with Crippen LogP contribution >= 0.6 is 34.8 Å². The first-order chi connectivity index (χ1) is 16.2. The van der Waals surface area contributed by atoms with Crippen molar-refractivity contribution in [2.45, 2.75) is 37.2 Å². The van der Waals surface area contributed by atoms with Gasteiger partial charge in [-0.15, -0.1) is 0 Å². The molecule has 1 heterocycles. The number of nitrogens with one attached hydrogen (secondary N) is 3. The molecule has 0 saturated carbocycles. The van der Waals surface area contributed by atoms with Crippen molar-refractivity contribution in [2.75, 3.05) is 5.43 Å². The van der Waals surface area contributed by atoms with Crippen LogP contribution in [0, 0.1) is 0 Å². The van der Waals surface area contributed by atoms with Gasteiger partial charge in [0, 0.05) is 34.0 Å². The van der Waals surface area contributed by atoms with E-state index in [1.54, 1.807) is 0 Å². The predicted octanol–water partition coefficient (Wildman–Crippen LogP) is 7.16. The van der Waals surface area contributed by atoms with Crippen LogP contribution in [0.1, 0.15) is 30.4 Å². The minimum absolute atomic E-state index is 0.0227. The molecule has 0 spiro atoms. The molecule has 3 rings (SSSR count). The Morgan fingerprint density at radius 1 is 1.00 bits per heavy atom. The van der Waals surface area contributed by atoms with Crippen LogP contribution in [0.2, 0.25) is 15.1 Å². The van der Waals surface area contributed by atoms with Gasteiger partial charge in [0.2, 0.25) is 11.5 Å². The van der Waals surface area contributed by atoms with Gasteiger partial charge in [0.1, 0.15) is 0 Å². The maximum atomic E-state index is 14.1. The van der Waals surface area contributed by atoms with Gasteiger partial charge in [-0.05, 0) is 42.8 Å². The summed E-state index contributed by atoms with van der Waals surface area (Å²) >= 11 is 17.8. The lowest BCUT2D eigenvalue weighted by Gasteiger charge is -2.28. The molecule has 1 aliphatic heterocycles. The number of alkyl halides is 6. The second kappa shape index (κ2) is 10.3. The molecule has 0 fully saturated rings. The van der Waals surface area contributed by atoms with Crippen LogP contribution in [0.25, 0.3) is 5.70 Å². The highest BCUT2D eigenvalue weighted by molar-refractivity contribution is 6.34. The maximum Gasteiger partial charge on any atom is 0.428 e. The molecule has 1 unspecified atom stereocenters. The summed E-state index contributed by atoms with van der Waals surface area (Å²) in [5.41, 5.74) is 3.86. The number of benzene rings is 2. The molecule has 5 nitrogen and oxygen atoms in total. The molecule has 1 atom stereocenters. The first-order valence-electron chi connectivity index (χ1n) is 9.82. The normalized spacial score (nSPS) is 18.1. The molecule has 2 aromatic carbocycles. The van der Waals surface area contributed by atoms with Gasteiger partial charge in [-0.1, -0.05) is 40.9 Å². The fourth-order valence-electron chi connectivity index (χ4n) is 3.19. The van der Waals surface area contributed by atoms with E-state index in [0.717, 1.165) is 18.2 Å². The molecule has 0 radical (unpaired) electrons. The number of carbonyl (C=O) groups excluding carboxylic acids is 1. The summed E-state index contributed by atoms with van der Waals surface area (Å²) in [6.07, 6.45) is -10.4. The lowest BCUT2D eigenvalue weighted by atomic mass is 9.91.